The van der Waals surface area contributed by atoms with Gasteiger partial charge in [0.05, 0.1) is 19.7 Å². The van der Waals surface area contributed by atoms with Crippen LogP contribution < -0.4 is 5.32 Å². The molecule has 1 amide bonds. The van der Waals surface area contributed by atoms with Crippen molar-refractivity contribution >= 4 is 18.3 Å². The van der Waals surface area contributed by atoms with E-state index in [-0.39, 0.29) is 24.4 Å². The van der Waals surface area contributed by atoms with Gasteiger partial charge in [0.15, 0.2) is 0 Å². The molecule has 5 heteroatoms. The number of halogens is 1. The Morgan fingerprint density at radius 1 is 1.44 bits per heavy atom. The van der Waals surface area contributed by atoms with Crippen LogP contribution in [0.15, 0.2) is 30.3 Å². The van der Waals surface area contributed by atoms with Gasteiger partial charge in [-0.3, -0.25) is 4.79 Å². The molecule has 0 saturated carbocycles. The number of carbonyl (C=O) groups excluding carboxylic acids is 1. The van der Waals surface area contributed by atoms with E-state index in [2.05, 4.69) is 5.32 Å². The minimum atomic E-state index is 0. The molecule has 1 aromatic rings. The van der Waals surface area contributed by atoms with E-state index < -0.39 is 0 Å². The third-order valence-corrected chi connectivity index (χ3v) is 2.92. The van der Waals surface area contributed by atoms with E-state index in [1.807, 2.05) is 35.2 Å². The molecule has 0 spiro atoms. The maximum Gasteiger partial charge on any atom is 0.236 e. The predicted molar refractivity (Wildman–Crippen MR) is 72.9 cm³/mol. The maximum absolute atomic E-state index is 11.8. The summed E-state index contributed by atoms with van der Waals surface area (Å²) in [6.07, 6.45) is 0.00533. The average molecular weight is 271 g/mol. The molecule has 0 aliphatic carbocycles. The van der Waals surface area contributed by atoms with E-state index in [0.717, 1.165) is 5.56 Å². The summed E-state index contributed by atoms with van der Waals surface area (Å²) >= 11 is 0. The average Bonchev–Trinajstić information content (AvgIpc) is 2.40. The summed E-state index contributed by atoms with van der Waals surface area (Å²) in [5, 5.41) is 2.89. The molecule has 4 nitrogen and oxygen atoms in total. The molecule has 1 saturated heterocycles. The van der Waals surface area contributed by atoms with Gasteiger partial charge in [-0.15, -0.1) is 12.4 Å². The number of benzene rings is 1. The predicted octanol–water partition coefficient (Wildman–Crippen LogP) is 1.23. The Hall–Kier alpha value is -1.10. The molecular weight excluding hydrogens is 252 g/mol. The van der Waals surface area contributed by atoms with E-state index >= 15 is 0 Å². The lowest BCUT2D eigenvalue weighted by molar-refractivity contribution is -0.137. The summed E-state index contributed by atoms with van der Waals surface area (Å²) in [5.74, 6) is 0.136. The highest BCUT2D eigenvalue weighted by Crippen LogP contribution is 2.21. The quantitative estimate of drug-likeness (QED) is 0.898. The third kappa shape index (κ3) is 3.70. The molecule has 18 heavy (non-hydrogen) atoms. The molecule has 2 rings (SSSR count). The number of nitrogens with one attached hydrogen (secondary N) is 1. The highest BCUT2D eigenvalue weighted by molar-refractivity contribution is 5.85. The first-order valence-electron chi connectivity index (χ1n) is 5.90. The van der Waals surface area contributed by atoms with Crippen LogP contribution in [0.2, 0.25) is 0 Å². The van der Waals surface area contributed by atoms with Crippen molar-refractivity contribution in [3.8, 4) is 0 Å². The smallest absolute Gasteiger partial charge is 0.236 e. The van der Waals surface area contributed by atoms with Gasteiger partial charge in [0.25, 0.3) is 0 Å². The van der Waals surface area contributed by atoms with E-state index in [9.17, 15) is 4.79 Å². The van der Waals surface area contributed by atoms with Gasteiger partial charge in [0.1, 0.15) is 6.10 Å². The number of amides is 1. The van der Waals surface area contributed by atoms with Crippen LogP contribution >= 0.6 is 12.4 Å². The van der Waals surface area contributed by atoms with E-state index in [1.165, 1.54) is 0 Å². The first-order chi connectivity index (χ1) is 8.31. The highest BCUT2D eigenvalue weighted by Gasteiger charge is 2.24. The van der Waals surface area contributed by atoms with Crippen molar-refractivity contribution in [1.29, 1.82) is 0 Å². The minimum absolute atomic E-state index is 0. The zero-order valence-corrected chi connectivity index (χ0v) is 11.3. The number of hydrogen-bond donors (Lipinski definition) is 1. The zero-order valence-electron chi connectivity index (χ0n) is 10.5. The minimum Gasteiger partial charge on any atom is -0.370 e. The van der Waals surface area contributed by atoms with Crippen LogP contribution in [0.1, 0.15) is 11.7 Å². The highest BCUT2D eigenvalue weighted by atomic mass is 35.5. The van der Waals surface area contributed by atoms with Crippen molar-refractivity contribution < 1.29 is 9.53 Å². The summed E-state index contributed by atoms with van der Waals surface area (Å²) < 4.78 is 5.71. The number of morpholine rings is 1. The van der Waals surface area contributed by atoms with Crippen LogP contribution in [0, 0.1) is 0 Å². The monoisotopic (exact) mass is 270 g/mol. The fraction of sp³-hybridized carbons (Fsp3) is 0.462. The number of likely N-dealkylation sites (N-methyl/N-ethyl adjacent to an activating group) is 1. The molecule has 1 aliphatic rings. The first kappa shape index (κ1) is 15.0. The van der Waals surface area contributed by atoms with Crippen molar-refractivity contribution in [3.05, 3.63) is 35.9 Å². The van der Waals surface area contributed by atoms with Gasteiger partial charge in [0, 0.05) is 6.54 Å². The molecule has 1 atom stereocenters. The van der Waals surface area contributed by atoms with Crippen LogP contribution in [0.4, 0.5) is 0 Å². The van der Waals surface area contributed by atoms with Gasteiger partial charge >= 0.3 is 0 Å². The van der Waals surface area contributed by atoms with Crippen molar-refractivity contribution in [2.24, 2.45) is 0 Å². The van der Waals surface area contributed by atoms with Crippen LogP contribution in [0.5, 0.6) is 0 Å². The largest absolute Gasteiger partial charge is 0.370 e. The number of carbonyl (C=O) groups is 1. The summed E-state index contributed by atoms with van der Waals surface area (Å²) in [7, 11) is 1.78. The second-order valence-electron chi connectivity index (χ2n) is 4.14. The standard InChI is InChI=1S/C13H18N2O2.ClH/c1-14-9-13(16)15-7-8-17-12(10-15)11-5-3-2-4-6-11;/h2-6,12,14H,7-10H2,1H3;1H. The van der Waals surface area contributed by atoms with Gasteiger partial charge < -0.3 is 15.0 Å². The van der Waals surface area contributed by atoms with Gasteiger partial charge in [-0.1, -0.05) is 30.3 Å². The number of nitrogens with zero attached hydrogens (tertiary/aromatic N) is 1. The van der Waals surface area contributed by atoms with E-state index in [0.29, 0.717) is 26.2 Å². The summed E-state index contributed by atoms with van der Waals surface area (Å²) in [4.78, 5) is 13.6. The zero-order chi connectivity index (χ0) is 12.1. The molecule has 1 fully saturated rings. The second kappa shape index (κ2) is 7.36. The topological polar surface area (TPSA) is 41.6 Å². The van der Waals surface area contributed by atoms with Crippen LogP contribution in [-0.2, 0) is 9.53 Å². The summed E-state index contributed by atoms with van der Waals surface area (Å²) in [6.45, 7) is 2.32. The third-order valence-electron chi connectivity index (χ3n) is 2.92. The lowest BCUT2D eigenvalue weighted by Gasteiger charge is -2.33. The Bertz CT molecular complexity index is 373. The lowest BCUT2D eigenvalue weighted by atomic mass is 10.1. The van der Waals surface area contributed by atoms with Crippen molar-refractivity contribution in [1.82, 2.24) is 10.2 Å². The fourth-order valence-electron chi connectivity index (χ4n) is 2.01. The Morgan fingerprint density at radius 2 is 2.17 bits per heavy atom. The summed E-state index contributed by atoms with van der Waals surface area (Å²) in [6, 6.07) is 10.0. The number of hydrogen-bond acceptors (Lipinski definition) is 3. The van der Waals surface area contributed by atoms with Crippen molar-refractivity contribution in [3.63, 3.8) is 0 Å². The van der Waals surface area contributed by atoms with E-state index in [1.54, 1.807) is 7.05 Å². The van der Waals surface area contributed by atoms with Gasteiger partial charge in [-0.05, 0) is 12.6 Å². The Balaban J connectivity index is 0.00000162. The Labute approximate surface area is 114 Å². The SMILES string of the molecule is CNCC(=O)N1CCOC(c2ccccc2)C1.Cl. The Kier molecular flexibility index (Phi) is 6.12. The van der Waals surface area contributed by atoms with Gasteiger partial charge in [-0.25, -0.2) is 0 Å². The molecule has 0 bridgehead atoms. The molecular formula is C13H19ClN2O2. The molecule has 0 radical (unpaired) electrons. The molecule has 0 aromatic heterocycles. The Morgan fingerprint density at radius 3 is 2.83 bits per heavy atom. The molecule has 1 aromatic carbocycles. The molecule has 1 unspecified atom stereocenters. The summed E-state index contributed by atoms with van der Waals surface area (Å²) in [5.41, 5.74) is 1.13. The van der Waals surface area contributed by atoms with Crippen LogP contribution in [0.25, 0.3) is 0 Å². The van der Waals surface area contributed by atoms with Crippen molar-refractivity contribution in [2.45, 2.75) is 6.10 Å². The van der Waals surface area contributed by atoms with E-state index in [4.69, 9.17) is 4.74 Å². The number of ether oxygens (including phenoxy) is 1. The molecule has 1 N–H and O–H groups in total. The normalized spacial score (nSPS) is 19.2. The number of rotatable bonds is 3. The molecule has 100 valence electrons. The van der Waals surface area contributed by atoms with Crippen molar-refractivity contribution in [2.75, 3.05) is 33.3 Å². The molecule has 1 heterocycles. The van der Waals surface area contributed by atoms with Crippen LogP contribution in [0.3, 0.4) is 0 Å². The second-order valence-corrected chi connectivity index (χ2v) is 4.14. The maximum atomic E-state index is 11.8. The van der Waals surface area contributed by atoms with Gasteiger partial charge in [0.2, 0.25) is 5.91 Å². The lowest BCUT2D eigenvalue weighted by Crippen LogP contribution is -2.45. The fourth-order valence-corrected chi connectivity index (χ4v) is 2.01. The van der Waals surface area contributed by atoms with Crippen LogP contribution in [-0.4, -0.2) is 44.1 Å². The first-order valence-corrected chi connectivity index (χ1v) is 5.90. The van der Waals surface area contributed by atoms with Gasteiger partial charge in [-0.2, -0.15) is 0 Å². The molecule has 1 aliphatic heterocycles.